The first-order valence-electron chi connectivity index (χ1n) is 7.15. The summed E-state index contributed by atoms with van der Waals surface area (Å²) >= 11 is 12.5. The molecule has 0 saturated heterocycles. The molecule has 2 rings (SSSR count). The van der Waals surface area contributed by atoms with Gasteiger partial charge in [-0.1, -0.05) is 23.2 Å². The molecule has 0 saturated carbocycles. The summed E-state index contributed by atoms with van der Waals surface area (Å²) in [5.74, 6) is 1.24. The number of benzene rings is 1. The van der Waals surface area contributed by atoms with Gasteiger partial charge in [-0.15, -0.1) is 0 Å². The number of aryl methyl sites for hydroxylation is 2. The van der Waals surface area contributed by atoms with Gasteiger partial charge in [0.15, 0.2) is 11.5 Å². The maximum Gasteiger partial charge on any atom is 0.203 e. The Labute approximate surface area is 151 Å². The summed E-state index contributed by atoms with van der Waals surface area (Å²) in [7, 11) is 4.52. The zero-order valence-electron chi connectivity index (χ0n) is 14.1. The molecule has 5 nitrogen and oxygen atoms in total. The fourth-order valence-corrected chi connectivity index (χ4v) is 3.14. The molecule has 1 heterocycles. The monoisotopic (exact) mass is 371 g/mol. The molecule has 0 amide bonds. The molecule has 0 spiro atoms. The van der Waals surface area contributed by atoms with Crippen molar-refractivity contribution in [3.05, 3.63) is 44.7 Å². The van der Waals surface area contributed by atoms with E-state index in [2.05, 4.69) is 4.98 Å². The summed E-state index contributed by atoms with van der Waals surface area (Å²) in [5.41, 5.74) is 2.27. The Kier molecular flexibility index (Phi) is 5.80. The summed E-state index contributed by atoms with van der Waals surface area (Å²) in [6, 6.07) is 1.75. The summed E-state index contributed by atoms with van der Waals surface area (Å²) in [5, 5.41) is 11.5. The second-order valence-corrected chi connectivity index (χ2v) is 5.97. The van der Waals surface area contributed by atoms with Gasteiger partial charge < -0.3 is 19.3 Å². The largest absolute Gasteiger partial charge is 0.493 e. The van der Waals surface area contributed by atoms with E-state index in [4.69, 9.17) is 37.4 Å². The molecular formula is C17H19Cl2NO4. The first-order valence-corrected chi connectivity index (χ1v) is 7.90. The highest BCUT2D eigenvalue weighted by atomic mass is 35.5. The van der Waals surface area contributed by atoms with Gasteiger partial charge in [0.05, 0.1) is 26.4 Å². The SMILES string of the molecule is COc1cc(C)c(C(O)c2c(Cl)ncc(C)c2Cl)c(OC)c1OC. The molecule has 1 aromatic heterocycles. The van der Waals surface area contributed by atoms with Crippen molar-refractivity contribution in [2.24, 2.45) is 0 Å². The van der Waals surface area contributed by atoms with Crippen LogP contribution in [0.4, 0.5) is 0 Å². The van der Waals surface area contributed by atoms with Crippen molar-refractivity contribution >= 4 is 23.2 Å². The van der Waals surface area contributed by atoms with E-state index in [1.807, 2.05) is 6.92 Å². The number of halogens is 2. The van der Waals surface area contributed by atoms with Crippen LogP contribution in [0.25, 0.3) is 0 Å². The molecule has 2 aromatic rings. The second-order valence-electron chi connectivity index (χ2n) is 5.24. The van der Waals surface area contributed by atoms with Crippen LogP contribution < -0.4 is 14.2 Å². The first kappa shape index (κ1) is 18.6. The maximum absolute atomic E-state index is 11.0. The highest BCUT2D eigenvalue weighted by Gasteiger charge is 2.28. The number of methoxy groups -OCH3 is 3. The third-order valence-electron chi connectivity index (χ3n) is 3.80. The van der Waals surface area contributed by atoms with Crippen molar-refractivity contribution in [1.82, 2.24) is 4.98 Å². The minimum Gasteiger partial charge on any atom is -0.493 e. The molecule has 0 aliphatic heterocycles. The Balaban J connectivity index is 2.75. The number of ether oxygens (including phenoxy) is 3. The predicted octanol–water partition coefficient (Wildman–Crippen LogP) is 4.11. The quantitative estimate of drug-likeness (QED) is 0.801. The number of nitrogens with zero attached hydrogens (tertiary/aromatic N) is 1. The van der Waals surface area contributed by atoms with E-state index >= 15 is 0 Å². The molecule has 0 aliphatic rings. The highest BCUT2D eigenvalue weighted by Crippen LogP contribution is 2.47. The molecule has 0 bridgehead atoms. The first-order chi connectivity index (χ1) is 11.4. The van der Waals surface area contributed by atoms with Gasteiger partial charge in [-0.25, -0.2) is 4.98 Å². The zero-order valence-corrected chi connectivity index (χ0v) is 15.6. The topological polar surface area (TPSA) is 60.8 Å². The number of aliphatic hydroxyl groups excluding tert-OH is 1. The van der Waals surface area contributed by atoms with Crippen LogP contribution in [-0.2, 0) is 0 Å². The number of hydrogen-bond acceptors (Lipinski definition) is 5. The minimum absolute atomic E-state index is 0.134. The van der Waals surface area contributed by atoms with Crippen molar-refractivity contribution < 1.29 is 19.3 Å². The highest BCUT2D eigenvalue weighted by molar-refractivity contribution is 6.35. The normalized spacial score (nSPS) is 12.0. The number of pyridine rings is 1. The van der Waals surface area contributed by atoms with Gasteiger partial charge in [0.25, 0.3) is 0 Å². The third-order valence-corrected chi connectivity index (χ3v) is 4.60. The van der Waals surface area contributed by atoms with Gasteiger partial charge in [0, 0.05) is 17.3 Å². The van der Waals surface area contributed by atoms with Crippen molar-refractivity contribution in [1.29, 1.82) is 0 Å². The molecule has 24 heavy (non-hydrogen) atoms. The van der Waals surface area contributed by atoms with E-state index in [-0.39, 0.29) is 5.15 Å². The number of rotatable bonds is 5. The maximum atomic E-state index is 11.0. The van der Waals surface area contributed by atoms with Crippen LogP contribution in [-0.4, -0.2) is 31.4 Å². The van der Waals surface area contributed by atoms with Crippen LogP contribution >= 0.6 is 23.2 Å². The Morgan fingerprint density at radius 2 is 1.58 bits per heavy atom. The lowest BCUT2D eigenvalue weighted by atomic mass is 9.95. The number of hydrogen-bond donors (Lipinski definition) is 1. The standard InChI is InChI=1S/C17H19Cl2NO4/c1-8-6-10(22-3)15(23-4)16(24-5)11(8)14(21)12-13(18)9(2)7-20-17(12)19/h6-7,14,21H,1-5H3. The van der Waals surface area contributed by atoms with E-state index in [0.717, 1.165) is 5.56 Å². The fraction of sp³-hybridized carbons (Fsp3) is 0.353. The Morgan fingerprint density at radius 1 is 0.958 bits per heavy atom. The molecule has 1 aromatic carbocycles. The Bertz CT molecular complexity index is 765. The van der Waals surface area contributed by atoms with Crippen LogP contribution in [0.3, 0.4) is 0 Å². The van der Waals surface area contributed by atoms with Crippen molar-refractivity contribution in [2.45, 2.75) is 20.0 Å². The average Bonchev–Trinajstić information content (AvgIpc) is 2.56. The van der Waals surface area contributed by atoms with Crippen molar-refractivity contribution in [3.8, 4) is 17.2 Å². The van der Waals surface area contributed by atoms with E-state index in [1.165, 1.54) is 21.3 Å². The molecule has 0 aliphatic carbocycles. The van der Waals surface area contributed by atoms with Gasteiger partial charge in [-0.05, 0) is 31.0 Å². The molecule has 1 N–H and O–H groups in total. The minimum atomic E-state index is -1.13. The van der Waals surface area contributed by atoms with Crippen LogP contribution in [0, 0.1) is 13.8 Å². The van der Waals surface area contributed by atoms with Gasteiger partial charge in [-0.2, -0.15) is 0 Å². The van der Waals surface area contributed by atoms with Crippen molar-refractivity contribution in [3.63, 3.8) is 0 Å². The summed E-state index contributed by atoms with van der Waals surface area (Å²) in [4.78, 5) is 4.07. The molecule has 0 fully saturated rings. The molecule has 130 valence electrons. The van der Waals surface area contributed by atoms with Crippen LogP contribution in [0.1, 0.15) is 28.4 Å². The molecule has 1 unspecified atom stereocenters. The van der Waals surface area contributed by atoms with Crippen LogP contribution in [0.2, 0.25) is 10.2 Å². The Hall–Kier alpha value is -1.69. The molecule has 1 atom stereocenters. The van der Waals surface area contributed by atoms with Gasteiger partial charge in [-0.3, -0.25) is 0 Å². The lowest BCUT2D eigenvalue weighted by Gasteiger charge is -2.23. The smallest absolute Gasteiger partial charge is 0.203 e. The second kappa shape index (κ2) is 7.47. The lowest BCUT2D eigenvalue weighted by molar-refractivity contribution is 0.211. The van der Waals surface area contributed by atoms with Gasteiger partial charge in [0.1, 0.15) is 11.3 Å². The zero-order chi connectivity index (χ0) is 18.0. The van der Waals surface area contributed by atoms with Crippen molar-refractivity contribution in [2.75, 3.05) is 21.3 Å². The third kappa shape index (κ3) is 3.11. The predicted molar refractivity (Wildman–Crippen MR) is 93.9 cm³/mol. The average molecular weight is 372 g/mol. The van der Waals surface area contributed by atoms with Gasteiger partial charge in [0.2, 0.25) is 5.75 Å². The van der Waals surface area contributed by atoms with Crippen LogP contribution in [0.5, 0.6) is 17.2 Å². The van der Waals surface area contributed by atoms with E-state index in [0.29, 0.717) is 39.0 Å². The summed E-state index contributed by atoms with van der Waals surface area (Å²) < 4.78 is 16.2. The lowest BCUT2D eigenvalue weighted by Crippen LogP contribution is -2.09. The molecular weight excluding hydrogens is 353 g/mol. The fourth-order valence-electron chi connectivity index (χ4n) is 2.60. The number of aliphatic hydroxyl groups is 1. The van der Waals surface area contributed by atoms with E-state index in [9.17, 15) is 5.11 Å². The van der Waals surface area contributed by atoms with Crippen LogP contribution in [0.15, 0.2) is 12.3 Å². The number of aromatic nitrogens is 1. The summed E-state index contributed by atoms with van der Waals surface area (Å²) in [6.45, 7) is 3.62. The summed E-state index contributed by atoms with van der Waals surface area (Å²) in [6.07, 6.45) is 0.423. The Morgan fingerprint density at radius 3 is 2.12 bits per heavy atom. The molecule has 0 radical (unpaired) electrons. The van der Waals surface area contributed by atoms with Gasteiger partial charge >= 0.3 is 0 Å². The van der Waals surface area contributed by atoms with E-state index < -0.39 is 6.10 Å². The van der Waals surface area contributed by atoms with E-state index in [1.54, 1.807) is 19.2 Å². The molecule has 7 heteroatoms.